The molecule has 0 amide bonds. The first-order valence-corrected chi connectivity index (χ1v) is 10.2. The van der Waals surface area contributed by atoms with Gasteiger partial charge in [-0.15, -0.1) is 0 Å². The van der Waals surface area contributed by atoms with Crippen molar-refractivity contribution in [1.29, 1.82) is 0 Å². The van der Waals surface area contributed by atoms with Crippen LogP contribution in [0.1, 0.15) is 109 Å². The van der Waals surface area contributed by atoms with Gasteiger partial charge in [-0.25, -0.2) is 0 Å². The van der Waals surface area contributed by atoms with Crippen molar-refractivity contribution in [3.63, 3.8) is 0 Å². The fourth-order valence-electron chi connectivity index (χ4n) is 2.83. The highest BCUT2D eigenvalue weighted by Gasteiger charge is 1.98. The smallest absolute Gasteiger partial charge is 0.221 e. The monoisotopic (exact) mass is 364 g/mol. The first kappa shape index (κ1) is 22.9. The Bertz CT molecular complexity index is 265. The van der Waals surface area contributed by atoms with Crippen LogP contribution >= 0.6 is 23.2 Å². The Morgan fingerprint density at radius 1 is 0.391 bits per heavy atom. The summed E-state index contributed by atoms with van der Waals surface area (Å²) >= 11 is 10.6. The fourth-order valence-corrected chi connectivity index (χ4v) is 3.09. The summed E-state index contributed by atoms with van der Waals surface area (Å²) in [6.07, 6.45) is 19.7. The van der Waals surface area contributed by atoms with Gasteiger partial charge in [-0.3, -0.25) is 9.59 Å². The molecule has 0 spiro atoms. The van der Waals surface area contributed by atoms with Crippen LogP contribution in [0.15, 0.2) is 0 Å². The first-order chi connectivity index (χ1) is 11.1. The molecule has 0 saturated carbocycles. The van der Waals surface area contributed by atoms with Crippen molar-refractivity contribution in [2.24, 2.45) is 0 Å². The molecule has 0 rings (SSSR count). The summed E-state index contributed by atoms with van der Waals surface area (Å²) in [6, 6.07) is 0. The predicted octanol–water partition coefficient (Wildman–Crippen LogP) is 7.15. The van der Waals surface area contributed by atoms with Crippen LogP contribution < -0.4 is 0 Å². The molecule has 23 heavy (non-hydrogen) atoms. The van der Waals surface area contributed by atoms with Crippen LogP contribution in [0.4, 0.5) is 0 Å². The summed E-state index contributed by atoms with van der Waals surface area (Å²) in [7, 11) is 0. The quantitative estimate of drug-likeness (QED) is 0.191. The SMILES string of the molecule is O=C(Cl)CCCCCCCCCCCCCCCCCC(=O)Cl. The molecule has 0 unspecified atom stereocenters. The zero-order valence-corrected chi connectivity index (χ0v) is 16.1. The van der Waals surface area contributed by atoms with E-state index in [1.54, 1.807) is 0 Å². The molecule has 0 aliphatic rings. The van der Waals surface area contributed by atoms with Gasteiger partial charge in [0.05, 0.1) is 0 Å². The summed E-state index contributed by atoms with van der Waals surface area (Å²) in [6.45, 7) is 0. The van der Waals surface area contributed by atoms with Crippen LogP contribution in [0.25, 0.3) is 0 Å². The maximum atomic E-state index is 10.6. The Morgan fingerprint density at radius 3 is 0.739 bits per heavy atom. The van der Waals surface area contributed by atoms with Crippen molar-refractivity contribution in [2.75, 3.05) is 0 Å². The third kappa shape index (κ3) is 21.9. The van der Waals surface area contributed by atoms with Gasteiger partial charge >= 0.3 is 0 Å². The van der Waals surface area contributed by atoms with Gasteiger partial charge in [-0.2, -0.15) is 0 Å². The van der Waals surface area contributed by atoms with E-state index in [2.05, 4.69) is 0 Å². The van der Waals surface area contributed by atoms with E-state index in [4.69, 9.17) is 23.2 Å². The van der Waals surface area contributed by atoms with Gasteiger partial charge in [0.25, 0.3) is 0 Å². The lowest BCUT2D eigenvalue weighted by Crippen LogP contribution is -1.87. The summed E-state index contributed by atoms with van der Waals surface area (Å²) < 4.78 is 0. The normalized spacial score (nSPS) is 10.9. The Kier molecular flexibility index (Phi) is 18.2. The Morgan fingerprint density at radius 2 is 0.565 bits per heavy atom. The molecule has 0 atom stereocenters. The third-order valence-electron chi connectivity index (χ3n) is 4.25. The molecule has 0 aliphatic carbocycles. The average Bonchev–Trinajstić information content (AvgIpc) is 2.49. The highest BCUT2D eigenvalue weighted by molar-refractivity contribution is 6.63. The maximum absolute atomic E-state index is 10.6. The summed E-state index contributed by atoms with van der Waals surface area (Å²) in [5.74, 6) is 0. The number of hydrogen-bond donors (Lipinski definition) is 0. The van der Waals surface area contributed by atoms with Crippen molar-refractivity contribution >= 4 is 33.7 Å². The van der Waals surface area contributed by atoms with Gasteiger partial charge < -0.3 is 0 Å². The van der Waals surface area contributed by atoms with E-state index in [0.29, 0.717) is 12.8 Å². The van der Waals surface area contributed by atoms with E-state index in [0.717, 1.165) is 25.7 Å². The third-order valence-corrected chi connectivity index (χ3v) is 4.62. The van der Waals surface area contributed by atoms with Gasteiger partial charge in [-0.1, -0.05) is 83.5 Å². The second kappa shape index (κ2) is 18.3. The molecular formula is C19H34Cl2O2. The van der Waals surface area contributed by atoms with Crippen molar-refractivity contribution in [1.82, 2.24) is 0 Å². The molecule has 0 fully saturated rings. The Balaban J connectivity index is 3.00. The molecule has 0 aromatic heterocycles. The number of hydrogen-bond acceptors (Lipinski definition) is 2. The fraction of sp³-hybridized carbons (Fsp3) is 0.895. The van der Waals surface area contributed by atoms with Crippen molar-refractivity contribution in [3.8, 4) is 0 Å². The van der Waals surface area contributed by atoms with Gasteiger partial charge in [0.1, 0.15) is 0 Å². The molecule has 136 valence electrons. The van der Waals surface area contributed by atoms with Crippen LogP contribution in [0.3, 0.4) is 0 Å². The van der Waals surface area contributed by atoms with Crippen LogP contribution in [0.2, 0.25) is 0 Å². The van der Waals surface area contributed by atoms with Gasteiger partial charge in [0.15, 0.2) is 0 Å². The highest BCUT2D eigenvalue weighted by atomic mass is 35.5. The molecule has 0 bridgehead atoms. The lowest BCUT2D eigenvalue weighted by molar-refractivity contribution is -0.112. The number of carbonyl (C=O) groups is 2. The predicted molar refractivity (Wildman–Crippen MR) is 100 cm³/mol. The van der Waals surface area contributed by atoms with Crippen LogP contribution in [-0.2, 0) is 9.59 Å². The van der Waals surface area contributed by atoms with E-state index in [1.807, 2.05) is 0 Å². The Hall–Kier alpha value is -0.0800. The molecule has 0 aromatic carbocycles. The van der Waals surface area contributed by atoms with Crippen LogP contribution in [0.5, 0.6) is 0 Å². The van der Waals surface area contributed by atoms with E-state index in [9.17, 15) is 9.59 Å². The molecule has 4 heteroatoms. The molecule has 0 N–H and O–H groups in total. The van der Waals surface area contributed by atoms with Crippen molar-refractivity contribution < 1.29 is 9.59 Å². The van der Waals surface area contributed by atoms with E-state index >= 15 is 0 Å². The molecule has 0 radical (unpaired) electrons. The lowest BCUT2D eigenvalue weighted by Gasteiger charge is -2.03. The average molecular weight is 365 g/mol. The summed E-state index contributed by atoms with van der Waals surface area (Å²) in [5, 5.41) is -0.397. The van der Waals surface area contributed by atoms with Crippen LogP contribution in [-0.4, -0.2) is 10.5 Å². The Labute approximate surface area is 152 Å². The molecule has 0 aliphatic heterocycles. The van der Waals surface area contributed by atoms with Crippen molar-refractivity contribution in [2.45, 2.75) is 109 Å². The second-order valence-electron chi connectivity index (χ2n) is 6.51. The number of carbonyl (C=O) groups excluding carboxylic acids is 2. The summed E-state index contributed by atoms with van der Waals surface area (Å²) in [4.78, 5) is 21.1. The van der Waals surface area contributed by atoms with Gasteiger partial charge in [0, 0.05) is 12.8 Å². The summed E-state index contributed by atoms with van der Waals surface area (Å²) in [5.41, 5.74) is 0. The highest BCUT2D eigenvalue weighted by Crippen LogP contribution is 2.14. The van der Waals surface area contributed by atoms with E-state index in [-0.39, 0.29) is 10.5 Å². The zero-order valence-electron chi connectivity index (χ0n) is 14.6. The van der Waals surface area contributed by atoms with Crippen molar-refractivity contribution in [3.05, 3.63) is 0 Å². The minimum Gasteiger partial charge on any atom is -0.281 e. The lowest BCUT2D eigenvalue weighted by atomic mass is 10.0. The largest absolute Gasteiger partial charge is 0.281 e. The van der Waals surface area contributed by atoms with Gasteiger partial charge in [0.2, 0.25) is 10.5 Å². The molecule has 0 aromatic rings. The number of halogens is 2. The molecule has 0 heterocycles. The molecule has 2 nitrogen and oxygen atoms in total. The van der Waals surface area contributed by atoms with Gasteiger partial charge in [-0.05, 0) is 36.0 Å². The molecular weight excluding hydrogens is 331 g/mol. The second-order valence-corrected chi connectivity index (χ2v) is 7.36. The first-order valence-electron chi connectivity index (χ1n) is 9.49. The maximum Gasteiger partial charge on any atom is 0.221 e. The minimum absolute atomic E-state index is 0.199. The standard InChI is InChI=1S/C19H34Cl2O2/c20-18(22)16-14-12-10-8-6-4-2-1-3-5-7-9-11-13-15-17-19(21)23/h1-17H2. The topological polar surface area (TPSA) is 34.1 Å². The minimum atomic E-state index is -0.199. The number of unbranched alkanes of at least 4 members (excludes halogenated alkanes) is 14. The van der Waals surface area contributed by atoms with Crippen LogP contribution in [0, 0.1) is 0 Å². The zero-order chi connectivity index (χ0) is 17.2. The van der Waals surface area contributed by atoms with E-state index < -0.39 is 0 Å². The molecule has 0 saturated heterocycles. The van der Waals surface area contributed by atoms with E-state index in [1.165, 1.54) is 70.6 Å². The number of rotatable bonds is 18.